The second kappa shape index (κ2) is 6.93. The smallest absolute Gasteiger partial charge is 0.0508 e. The zero-order chi connectivity index (χ0) is 17.9. The van der Waals surface area contributed by atoms with Crippen LogP contribution < -0.4 is 9.80 Å². The molecule has 0 bridgehead atoms. The minimum absolute atomic E-state index is 1.18. The first-order valence-electron chi connectivity index (χ1n) is 8.85. The van der Waals surface area contributed by atoms with Gasteiger partial charge in [-0.2, -0.15) is 0 Å². The van der Waals surface area contributed by atoms with Crippen molar-refractivity contribution in [2.24, 2.45) is 0 Å². The van der Waals surface area contributed by atoms with Gasteiger partial charge in [0.15, 0.2) is 0 Å². The van der Waals surface area contributed by atoms with Gasteiger partial charge in [0.05, 0.1) is 11.4 Å². The van der Waals surface area contributed by atoms with Crippen LogP contribution in [-0.2, 0) is 0 Å². The molecule has 0 unspecified atom stereocenters. The van der Waals surface area contributed by atoms with Crippen LogP contribution in [0.15, 0.2) is 97.1 Å². The molecule has 0 fully saturated rings. The van der Waals surface area contributed by atoms with Crippen molar-refractivity contribution in [3.63, 3.8) is 0 Å². The molecule has 0 aliphatic carbocycles. The lowest BCUT2D eigenvalue weighted by Crippen LogP contribution is -2.13. The lowest BCUT2D eigenvalue weighted by atomic mass is 10.0. The van der Waals surface area contributed by atoms with E-state index in [0.717, 1.165) is 0 Å². The molecule has 26 heavy (non-hydrogen) atoms. The number of para-hydroxylation sites is 2. The predicted octanol–water partition coefficient (Wildman–Crippen LogP) is 6.38. The summed E-state index contributed by atoms with van der Waals surface area (Å²) < 4.78 is 0. The van der Waals surface area contributed by atoms with Crippen LogP contribution in [0.3, 0.4) is 0 Å². The molecule has 2 nitrogen and oxygen atoms in total. The molecule has 128 valence electrons. The average molecular weight is 338 g/mol. The van der Waals surface area contributed by atoms with Crippen molar-refractivity contribution in [1.82, 2.24) is 0 Å². The van der Waals surface area contributed by atoms with Crippen molar-refractivity contribution < 1.29 is 0 Å². The molecule has 4 aromatic carbocycles. The van der Waals surface area contributed by atoms with Gasteiger partial charge in [0.2, 0.25) is 0 Å². The van der Waals surface area contributed by atoms with Gasteiger partial charge in [-0.1, -0.05) is 60.7 Å². The normalized spacial score (nSPS) is 10.7. The van der Waals surface area contributed by atoms with Crippen LogP contribution in [-0.4, -0.2) is 14.1 Å². The number of rotatable bonds is 4. The standard InChI is InChI=1S/C24H22N2/c1-25(20-13-5-3-6-14-20)22-17-9-11-19-12-10-18-23(24(19)22)26(2)21-15-7-4-8-16-21/h3-18H,1-2H3. The van der Waals surface area contributed by atoms with Crippen LogP contribution >= 0.6 is 0 Å². The van der Waals surface area contributed by atoms with Gasteiger partial charge in [0, 0.05) is 30.9 Å². The summed E-state index contributed by atoms with van der Waals surface area (Å²) in [5.74, 6) is 0. The molecule has 0 heterocycles. The molecule has 0 spiro atoms. The monoisotopic (exact) mass is 338 g/mol. The number of fused-ring (bicyclic) bond motifs is 1. The Morgan fingerprint density at radius 1 is 0.462 bits per heavy atom. The van der Waals surface area contributed by atoms with E-state index in [1.165, 1.54) is 33.5 Å². The van der Waals surface area contributed by atoms with Crippen molar-refractivity contribution >= 4 is 33.5 Å². The van der Waals surface area contributed by atoms with Gasteiger partial charge in [-0.3, -0.25) is 0 Å². The van der Waals surface area contributed by atoms with Gasteiger partial charge < -0.3 is 9.80 Å². The lowest BCUT2D eigenvalue weighted by Gasteiger charge is -2.26. The Morgan fingerprint density at radius 3 is 1.31 bits per heavy atom. The van der Waals surface area contributed by atoms with E-state index < -0.39 is 0 Å². The highest BCUT2D eigenvalue weighted by Crippen LogP contribution is 2.39. The highest BCUT2D eigenvalue weighted by molar-refractivity contribution is 6.05. The van der Waals surface area contributed by atoms with Crippen LogP contribution in [0.1, 0.15) is 0 Å². The Labute approximate surface area is 154 Å². The fourth-order valence-corrected chi connectivity index (χ4v) is 3.44. The van der Waals surface area contributed by atoms with Gasteiger partial charge in [0.25, 0.3) is 0 Å². The Hall–Kier alpha value is -3.26. The maximum absolute atomic E-state index is 2.25. The predicted molar refractivity (Wildman–Crippen MR) is 113 cm³/mol. The first kappa shape index (κ1) is 16.2. The van der Waals surface area contributed by atoms with Gasteiger partial charge in [0.1, 0.15) is 0 Å². The largest absolute Gasteiger partial charge is 0.344 e. The third-order valence-electron chi connectivity index (χ3n) is 4.87. The quantitative estimate of drug-likeness (QED) is 0.426. The summed E-state index contributed by atoms with van der Waals surface area (Å²) in [4.78, 5) is 4.51. The number of benzene rings is 4. The average Bonchev–Trinajstić information content (AvgIpc) is 2.73. The van der Waals surface area contributed by atoms with Crippen LogP contribution in [0.2, 0.25) is 0 Å². The lowest BCUT2D eigenvalue weighted by molar-refractivity contribution is 1.20. The molecule has 2 heteroatoms. The summed E-state index contributed by atoms with van der Waals surface area (Å²) >= 11 is 0. The Kier molecular flexibility index (Phi) is 4.32. The van der Waals surface area contributed by atoms with Crippen molar-refractivity contribution in [1.29, 1.82) is 0 Å². The van der Waals surface area contributed by atoms with Crippen LogP contribution in [0.25, 0.3) is 10.8 Å². The molecule has 0 saturated carbocycles. The number of anilines is 4. The number of hydrogen-bond acceptors (Lipinski definition) is 2. The zero-order valence-corrected chi connectivity index (χ0v) is 15.1. The topological polar surface area (TPSA) is 6.48 Å². The van der Waals surface area contributed by atoms with E-state index >= 15 is 0 Å². The van der Waals surface area contributed by atoms with Crippen molar-refractivity contribution in [3.05, 3.63) is 97.1 Å². The first-order valence-corrected chi connectivity index (χ1v) is 8.85. The van der Waals surface area contributed by atoms with E-state index in [9.17, 15) is 0 Å². The van der Waals surface area contributed by atoms with Crippen LogP contribution in [0.4, 0.5) is 22.7 Å². The molecule has 0 radical (unpaired) electrons. The van der Waals surface area contributed by atoms with E-state index in [0.29, 0.717) is 0 Å². The van der Waals surface area contributed by atoms with Crippen molar-refractivity contribution in [2.75, 3.05) is 23.9 Å². The van der Waals surface area contributed by atoms with Crippen molar-refractivity contribution in [3.8, 4) is 0 Å². The molecular weight excluding hydrogens is 316 g/mol. The third-order valence-corrected chi connectivity index (χ3v) is 4.87. The first-order chi connectivity index (χ1) is 12.8. The van der Waals surface area contributed by atoms with E-state index in [1.54, 1.807) is 0 Å². The fraction of sp³-hybridized carbons (Fsp3) is 0.0833. The van der Waals surface area contributed by atoms with E-state index in [-0.39, 0.29) is 0 Å². The minimum atomic E-state index is 1.18. The minimum Gasteiger partial charge on any atom is -0.344 e. The maximum Gasteiger partial charge on any atom is 0.0508 e. The molecule has 4 aromatic rings. The van der Waals surface area contributed by atoms with Gasteiger partial charge in [-0.25, -0.2) is 0 Å². The molecule has 0 N–H and O–H groups in total. The summed E-state index contributed by atoms with van der Waals surface area (Å²) in [6.45, 7) is 0. The molecule has 4 rings (SSSR count). The van der Waals surface area contributed by atoms with Crippen molar-refractivity contribution in [2.45, 2.75) is 0 Å². The molecule has 0 amide bonds. The van der Waals surface area contributed by atoms with E-state index in [2.05, 4.69) is 121 Å². The highest BCUT2D eigenvalue weighted by atomic mass is 15.1. The molecule has 0 aromatic heterocycles. The Balaban J connectivity index is 1.90. The van der Waals surface area contributed by atoms with E-state index in [1.807, 2.05) is 0 Å². The number of hydrogen-bond donors (Lipinski definition) is 0. The summed E-state index contributed by atoms with van der Waals surface area (Å²) in [5, 5.41) is 2.50. The maximum atomic E-state index is 2.25. The Morgan fingerprint density at radius 2 is 0.885 bits per heavy atom. The van der Waals surface area contributed by atoms with Crippen LogP contribution in [0.5, 0.6) is 0 Å². The SMILES string of the molecule is CN(c1ccccc1)c1cccc2cccc(N(C)c3ccccc3)c12. The Bertz CT molecular complexity index is 930. The molecule has 0 atom stereocenters. The zero-order valence-electron chi connectivity index (χ0n) is 15.1. The fourth-order valence-electron chi connectivity index (χ4n) is 3.44. The molecular formula is C24H22N2. The number of nitrogens with zero attached hydrogens (tertiary/aromatic N) is 2. The van der Waals surface area contributed by atoms with Gasteiger partial charge >= 0.3 is 0 Å². The van der Waals surface area contributed by atoms with Crippen LogP contribution in [0, 0.1) is 0 Å². The van der Waals surface area contributed by atoms with E-state index in [4.69, 9.17) is 0 Å². The second-order valence-electron chi connectivity index (χ2n) is 6.44. The van der Waals surface area contributed by atoms with Gasteiger partial charge in [-0.05, 0) is 41.8 Å². The second-order valence-corrected chi connectivity index (χ2v) is 6.44. The summed E-state index contributed by atoms with van der Waals surface area (Å²) in [7, 11) is 4.26. The molecule has 0 saturated heterocycles. The summed E-state index contributed by atoms with van der Waals surface area (Å²) in [6, 6.07) is 34.0. The van der Waals surface area contributed by atoms with Gasteiger partial charge in [-0.15, -0.1) is 0 Å². The summed E-state index contributed by atoms with van der Waals surface area (Å²) in [6.07, 6.45) is 0. The highest BCUT2D eigenvalue weighted by Gasteiger charge is 2.14. The third kappa shape index (κ3) is 2.91. The molecule has 0 aliphatic rings. The molecule has 0 aliphatic heterocycles. The summed E-state index contributed by atoms with van der Waals surface area (Å²) in [5.41, 5.74) is 4.76.